The Morgan fingerprint density at radius 3 is 1.54 bits per heavy atom. The van der Waals surface area contributed by atoms with Crippen LogP contribution in [-0.4, -0.2) is 4.57 Å². The Bertz CT molecular complexity index is 3750. The summed E-state index contributed by atoms with van der Waals surface area (Å²) < 4.78 is 2.46. The number of fused-ring (bicyclic) bond motifs is 8. The molecule has 2 nitrogen and oxygen atoms in total. The van der Waals surface area contributed by atoms with Gasteiger partial charge in [-0.2, -0.15) is 0 Å². The number of nitrogens with zero attached hydrogens (tertiary/aromatic N) is 2. The Kier molecular flexibility index (Phi) is 10.6. The first-order chi connectivity index (χ1) is 35.6. The van der Waals surface area contributed by atoms with Crippen LogP contribution in [0.3, 0.4) is 0 Å². The summed E-state index contributed by atoms with van der Waals surface area (Å²) in [6.45, 7) is 2.52. The van der Waals surface area contributed by atoms with Gasteiger partial charge in [-0.25, -0.2) is 0 Å². The molecule has 0 saturated heterocycles. The fourth-order valence-electron chi connectivity index (χ4n) is 13.9. The topological polar surface area (TPSA) is 8.17 Å². The molecule has 3 saturated carbocycles. The normalized spacial score (nSPS) is 20.3. The molecule has 3 bridgehead atoms. The molecule has 11 aromatic rings. The molecule has 1 heterocycles. The summed E-state index contributed by atoms with van der Waals surface area (Å²) >= 11 is 0. The Balaban J connectivity index is 0.798. The number of anilines is 3. The van der Waals surface area contributed by atoms with Crippen molar-refractivity contribution in [3.05, 3.63) is 242 Å². The molecule has 4 unspecified atom stereocenters. The van der Waals surface area contributed by atoms with E-state index in [1.165, 1.54) is 109 Å². The summed E-state index contributed by atoms with van der Waals surface area (Å²) in [5.41, 5.74) is 18.3. The van der Waals surface area contributed by atoms with Crippen molar-refractivity contribution in [1.29, 1.82) is 0 Å². The van der Waals surface area contributed by atoms with Gasteiger partial charge in [-0.3, -0.25) is 0 Å². The van der Waals surface area contributed by atoms with Crippen LogP contribution in [0.1, 0.15) is 50.5 Å². The molecule has 0 amide bonds. The van der Waals surface area contributed by atoms with E-state index in [0.29, 0.717) is 0 Å². The van der Waals surface area contributed by atoms with Gasteiger partial charge in [0.25, 0.3) is 0 Å². The van der Waals surface area contributed by atoms with E-state index in [0.717, 1.165) is 58.3 Å². The van der Waals surface area contributed by atoms with Crippen molar-refractivity contribution >= 4 is 49.6 Å². The second-order valence-electron chi connectivity index (χ2n) is 21.5. The van der Waals surface area contributed by atoms with Crippen LogP contribution in [0, 0.1) is 29.6 Å². The summed E-state index contributed by atoms with van der Waals surface area (Å²) in [5, 5.41) is 5.05. The Hall–Kier alpha value is -7.94. The van der Waals surface area contributed by atoms with E-state index in [-0.39, 0.29) is 0 Å². The van der Waals surface area contributed by atoms with E-state index in [1.54, 1.807) is 5.56 Å². The molecule has 2 heteroatoms. The fraction of sp³-hybridized carbons (Fsp3) is 0.171. The quantitative estimate of drug-likeness (QED) is 0.140. The van der Waals surface area contributed by atoms with E-state index in [9.17, 15) is 0 Å². The summed E-state index contributed by atoms with van der Waals surface area (Å²) in [7, 11) is 0. The van der Waals surface area contributed by atoms with Crippen molar-refractivity contribution in [3.63, 3.8) is 0 Å². The van der Waals surface area contributed by atoms with Gasteiger partial charge in [0.1, 0.15) is 0 Å². The van der Waals surface area contributed by atoms with Crippen molar-refractivity contribution in [2.75, 3.05) is 4.90 Å². The van der Waals surface area contributed by atoms with E-state index in [2.05, 4.69) is 253 Å². The van der Waals surface area contributed by atoms with Gasteiger partial charge in [-0.1, -0.05) is 183 Å². The smallest absolute Gasteiger partial charge is 0.0619 e. The lowest BCUT2D eigenvalue weighted by Gasteiger charge is -2.41. The summed E-state index contributed by atoms with van der Waals surface area (Å²) in [6, 6.07) is 87.9. The molecule has 0 aliphatic heterocycles. The maximum atomic E-state index is 2.52. The third-order valence-corrected chi connectivity index (χ3v) is 17.3. The highest BCUT2D eigenvalue weighted by atomic mass is 15.1. The summed E-state index contributed by atoms with van der Waals surface area (Å²) in [6.07, 6.45) is 7.27. The molecule has 348 valence electrons. The molecule has 72 heavy (non-hydrogen) atoms. The van der Waals surface area contributed by atoms with Crippen LogP contribution >= 0.6 is 0 Å². The van der Waals surface area contributed by atoms with Crippen LogP contribution in [0.25, 0.3) is 82.8 Å². The van der Waals surface area contributed by atoms with Crippen LogP contribution in [0.4, 0.5) is 17.1 Å². The molecular weight excluding hydrogens is 869 g/mol. The van der Waals surface area contributed by atoms with Crippen molar-refractivity contribution in [2.24, 2.45) is 29.6 Å². The highest BCUT2D eigenvalue weighted by molar-refractivity contribution is 6.18. The van der Waals surface area contributed by atoms with Crippen molar-refractivity contribution in [1.82, 2.24) is 4.57 Å². The number of hydrogen-bond acceptors (Lipinski definition) is 1. The Labute approximate surface area is 423 Å². The zero-order valence-electron chi connectivity index (χ0n) is 40.9. The molecule has 3 aliphatic carbocycles. The summed E-state index contributed by atoms with van der Waals surface area (Å²) in [4.78, 5) is 2.40. The van der Waals surface area contributed by atoms with Crippen LogP contribution < -0.4 is 4.90 Å². The number of aromatic nitrogens is 1. The largest absolute Gasteiger partial charge is 0.311 e. The van der Waals surface area contributed by atoms with Gasteiger partial charge < -0.3 is 9.47 Å². The predicted molar refractivity (Wildman–Crippen MR) is 304 cm³/mol. The Morgan fingerprint density at radius 1 is 0.361 bits per heavy atom. The monoisotopic (exact) mass is 926 g/mol. The molecule has 14 rings (SSSR count). The number of rotatable bonds is 9. The third-order valence-electron chi connectivity index (χ3n) is 17.3. The lowest BCUT2D eigenvalue weighted by molar-refractivity contribution is 0.144. The standard InChI is InChI=1S/C70H58N2/c1-46-39-57-42-59-43-58(57)45-68(67(59)40-46)53-23-21-48(22-24-53)49-25-32-60(33-26-49)71(61-34-27-50(28-35-61)55-15-9-14-54(41-55)47-11-3-2-4-12-47)62-36-29-51(30-37-62)56-16-10-17-63(44-56)72-69-20-8-7-19-65(69)66-38-31-52-13-5-6-18-64(52)70(66)72/h2-38,41,44,46,57-59,67-68H,39-40,42-43,45H2,1H3/t46-,57?,58?,59+,67?,68?/m0/s1. The maximum Gasteiger partial charge on any atom is 0.0619 e. The molecule has 0 radical (unpaired) electrons. The minimum absolute atomic E-state index is 0.724. The number of hydrogen-bond donors (Lipinski definition) is 0. The van der Waals surface area contributed by atoms with Crippen LogP contribution in [0.5, 0.6) is 0 Å². The average Bonchev–Trinajstić information content (AvgIpc) is 3.90. The van der Waals surface area contributed by atoms with Crippen LogP contribution in [0.15, 0.2) is 237 Å². The SMILES string of the molecule is C[C@H]1CC2C[C@@H]3CC2CC(c2ccc(-c4ccc(N(c5ccc(-c6cccc(-c7ccccc7)c6)cc5)c5ccc(-c6cccc(-n7c8ccccc8c8ccc9ccccc9c87)c6)cc5)cc4)cc2)C3C1. The first-order valence-corrected chi connectivity index (χ1v) is 26.4. The van der Waals surface area contributed by atoms with Gasteiger partial charge in [0.2, 0.25) is 0 Å². The van der Waals surface area contributed by atoms with Crippen molar-refractivity contribution in [2.45, 2.75) is 44.9 Å². The van der Waals surface area contributed by atoms with E-state index in [4.69, 9.17) is 0 Å². The average molecular weight is 927 g/mol. The first-order valence-electron chi connectivity index (χ1n) is 26.4. The summed E-state index contributed by atoms with van der Waals surface area (Å²) in [5.74, 6) is 5.32. The highest BCUT2D eigenvalue weighted by Gasteiger charge is 2.49. The molecular formula is C70H58N2. The molecule has 0 N–H and O–H groups in total. The van der Waals surface area contributed by atoms with Crippen LogP contribution in [-0.2, 0) is 0 Å². The molecule has 1 aromatic heterocycles. The van der Waals surface area contributed by atoms with Gasteiger partial charge in [-0.15, -0.1) is 0 Å². The zero-order chi connectivity index (χ0) is 47.7. The third kappa shape index (κ3) is 7.55. The molecule has 6 atom stereocenters. The lowest BCUT2D eigenvalue weighted by atomic mass is 9.64. The van der Waals surface area contributed by atoms with Crippen LogP contribution in [0.2, 0.25) is 0 Å². The first kappa shape index (κ1) is 42.9. The lowest BCUT2D eigenvalue weighted by Crippen LogP contribution is -2.30. The van der Waals surface area contributed by atoms with Crippen molar-refractivity contribution < 1.29 is 0 Å². The number of benzene rings is 10. The minimum atomic E-state index is 0.724. The molecule has 3 fully saturated rings. The van der Waals surface area contributed by atoms with Gasteiger partial charge >= 0.3 is 0 Å². The highest BCUT2D eigenvalue weighted by Crippen LogP contribution is 2.60. The van der Waals surface area contributed by atoms with Gasteiger partial charge in [0, 0.05) is 38.9 Å². The molecule has 3 aliphatic rings. The van der Waals surface area contributed by atoms with E-state index < -0.39 is 0 Å². The Morgan fingerprint density at radius 2 is 0.875 bits per heavy atom. The fourth-order valence-corrected chi connectivity index (χ4v) is 13.9. The predicted octanol–water partition coefficient (Wildman–Crippen LogP) is 19.3. The van der Waals surface area contributed by atoms with E-state index in [1.807, 2.05) is 0 Å². The molecule has 0 spiro atoms. The number of para-hydroxylation sites is 1. The maximum absolute atomic E-state index is 2.52. The van der Waals surface area contributed by atoms with Crippen molar-refractivity contribution in [3.8, 4) is 50.2 Å². The van der Waals surface area contributed by atoms with E-state index >= 15 is 0 Å². The molecule has 10 aromatic carbocycles. The second-order valence-corrected chi connectivity index (χ2v) is 21.5. The zero-order valence-corrected chi connectivity index (χ0v) is 40.9. The van der Waals surface area contributed by atoms with Gasteiger partial charge in [0.15, 0.2) is 0 Å². The second kappa shape index (κ2) is 17.7. The van der Waals surface area contributed by atoms with Gasteiger partial charge in [0.05, 0.1) is 11.0 Å². The minimum Gasteiger partial charge on any atom is -0.311 e. The van der Waals surface area contributed by atoms with Gasteiger partial charge in [-0.05, 0) is 184 Å².